The summed E-state index contributed by atoms with van der Waals surface area (Å²) in [7, 11) is 0. The molecule has 0 fully saturated rings. The summed E-state index contributed by atoms with van der Waals surface area (Å²) in [5, 5.41) is 24.4. The van der Waals surface area contributed by atoms with E-state index in [2.05, 4.69) is 31.9 Å². The summed E-state index contributed by atoms with van der Waals surface area (Å²) in [5.41, 5.74) is 2.22. The molecule has 2 atom stereocenters. The Labute approximate surface area is 237 Å². The molecule has 0 aliphatic carbocycles. The van der Waals surface area contributed by atoms with Crippen molar-refractivity contribution < 1.29 is 17.6 Å². The van der Waals surface area contributed by atoms with Crippen LogP contribution >= 0.6 is 11.6 Å². The van der Waals surface area contributed by atoms with Crippen molar-refractivity contribution in [3.8, 4) is 6.07 Å². The Kier molecular flexibility index (Phi) is 8.03. The Balaban J connectivity index is 1.63. The number of benzene rings is 3. The van der Waals surface area contributed by atoms with Crippen molar-refractivity contribution in [2.24, 2.45) is 0 Å². The van der Waals surface area contributed by atoms with Gasteiger partial charge in [-0.1, -0.05) is 61.0 Å². The molecule has 5 rings (SSSR count). The predicted octanol–water partition coefficient (Wildman–Crippen LogP) is 7.79. The van der Waals surface area contributed by atoms with Crippen LogP contribution in [-0.4, -0.2) is 20.0 Å². The SMILES string of the molecule is CC[C@@H](Nc1c(C#N)cnc2c(Cl)cc(N[C@H](c3cnn(C(F)F)n3)c3cccc(F)c3F)cc12)c1ccccc1. The van der Waals surface area contributed by atoms with Crippen molar-refractivity contribution in [3.63, 3.8) is 0 Å². The summed E-state index contributed by atoms with van der Waals surface area (Å²) < 4.78 is 55.6. The Morgan fingerprint density at radius 3 is 2.49 bits per heavy atom. The maximum absolute atomic E-state index is 14.9. The van der Waals surface area contributed by atoms with Gasteiger partial charge < -0.3 is 10.6 Å². The third-order valence-corrected chi connectivity index (χ3v) is 6.86. The standard InChI is InChI=1S/C29H22ClF4N7/c1-2-23(16-7-4-3-5-8-16)39-26-17(13-35)14-36-27-20(26)11-18(12-21(27)30)38-28(19-9-6-10-22(31)25(19)32)24-15-37-41(40-24)29(33)34/h3-12,14-15,23,28-29,38H,2H2,1H3,(H,36,39)/t23-,28+/m1/s1. The minimum Gasteiger partial charge on any atom is -0.377 e. The molecule has 0 saturated carbocycles. The van der Waals surface area contributed by atoms with Gasteiger partial charge >= 0.3 is 6.55 Å². The molecular weight excluding hydrogens is 558 g/mol. The molecule has 0 radical (unpaired) electrons. The van der Waals surface area contributed by atoms with Crippen molar-refractivity contribution in [2.75, 3.05) is 10.6 Å². The van der Waals surface area contributed by atoms with E-state index in [4.69, 9.17) is 11.6 Å². The van der Waals surface area contributed by atoms with Gasteiger partial charge in [-0.05, 0) is 30.2 Å². The lowest BCUT2D eigenvalue weighted by atomic mass is 10.0. The lowest BCUT2D eigenvalue weighted by Crippen LogP contribution is -2.16. The highest BCUT2D eigenvalue weighted by Crippen LogP contribution is 2.37. The fourth-order valence-electron chi connectivity index (χ4n) is 4.60. The van der Waals surface area contributed by atoms with Gasteiger partial charge in [-0.2, -0.15) is 24.2 Å². The number of rotatable bonds is 9. The molecule has 0 unspecified atom stereocenters. The average Bonchev–Trinajstić information content (AvgIpc) is 3.47. The number of nitriles is 1. The normalized spacial score (nSPS) is 12.7. The van der Waals surface area contributed by atoms with E-state index in [-0.39, 0.29) is 32.7 Å². The van der Waals surface area contributed by atoms with E-state index < -0.39 is 24.2 Å². The van der Waals surface area contributed by atoms with E-state index in [9.17, 15) is 22.8 Å². The Morgan fingerprint density at radius 1 is 1.02 bits per heavy atom. The summed E-state index contributed by atoms with van der Waals surface area (Å²) in [5.74, 6) is -2.29. The predicted molar refractivity (Wildman–Crippen MR) is 148 cm³/mol. The van der Waals surface area contributed by atoms with Gasteiger partial charge in [0.05, 0.1) is 34.0 Å². The first-order valence-corrected chi connectivity index (χ1v) is 12.9. The molecule has 5 aromatic rings. The topological polar surface area (TPSA) is 91.5 Å². The molecule has 2 heterocycles. The van der Waals surface area contributed by atoms with Crippen LogP contribution in [0.3, 0.4) is 0 Å². The van der Waals surface area contributed by atoms with Gasteiger partial charge in [-0.25, -0.2) is 8.78 Å². The molecule has 3 aromatic carbocycles. The van der Waals surface area contributed by atoms with Crippen molar-refractivity contribution >= 4 is 33.9 Å². The van der Waals surface area contributed by atoms with Gasteiger partial charge in [0.15, 0.2) is 11.6 Å². The summed E-state index contributed by atoms with van der Waals surface area (Å²) in [4.78, 5) is 4.54. The zero-order chi connectivity index (χ0) is 29.1. The molecule has 7 nitrogen and oxygen atoms in total. The molecule has 0 aliphatic rings. The van der Waals surface area contributed by atoms with Crippen LogP contribution in [0.1, 0.15) is 54.4 Å². The quantitative estimate of drug-likeness (QED) is 0.173. The lowest BCUT2D eigenvalue weighted by Gasteiger charge is -2.23. The largest absolute Gasteiger partial charge is 0.377 e. The number of hydrogen-bond acceptors (Lipinski definition) is 6. The second-order valence-electron chi connectivity index (χ2n) is 9.12. The highest BCUT2D eigenvalue weighted by atomic mass is 35.5. The number of fused-ring (bicyclic) bond motifs is 1. The van der Waals surface area contributed by atoms with Crippen LogP contribution in [0.4, 0.5) is 28.9 Å². The molecular formula is C29H22ClF4N7. The number of alkyl halides is 2. The summed E-state index contributed by atoms with van der Waals surface area (Å²) in [6.07, 6.45) is 3.17. The molecule has 12 heteroatoms. The Bertz CT molecular complexity index is 1740. The third kappa shape index (κ3) is 5.64. The van der Waals surface area contributed by atoms with E-state index >= 15 is 0 Å². The highest BCUT2D eigenvalue weighted by molar-refractivity contribution is 6.35. The van der Waals surface area contributed by atoms with Crippen molar-refractivity contribution in [3.05, 3.63) is 112 Å². The fraction of sp³-hybridized carbons (Fsp3) is 0.172. The zero-order valence-electron chi connectivity index (χ0n) is 21.5. The van der Waals surface area contributed by atoms with Gasteiger partial charge in [-0.3, -0.25) is 4.98 Å². The molecule has 2 aromatic heterocycles. The molecule has 41 heavy (non-hydrogen) atoms. The van der Waals surface area contributed by atoms with Crippen LogP contribution in [0.25, 0.3) is 10.9 Å². The van der Waals surface area contributed by atoms with Gasteiger partial charge in [-0.15, -0.1) is 4.80 Å². The number of nitrogens with one attached hydrogen (secondary N) is 2. The number of hydrogen-bond donors (Lipinski definition) is 2. The van der Waals surface area contributed by atoms with Crippen molar-refractivity contribution in [1.82, 2.24) is 20.0 Å². The molecule has 0 aliphatic heterocycles. The van der Waals surface area contributed by atoms with Gasteiger partial charge in [0.25, 0.3) is 0 Å². The van der Waals surface area contributed by atoms with Crippen LogP contribution < -0.4 is 10.6 Å². The van der Waals surface area contributed by atoms with E-state index in [1.54, 1.807) is 6.07 Å². The summed E-state index contributed by atoms with van der Waals surface area (Å²) >= 11 is 6.62. The minimum atomic E-state index is -3.03. The minimum absolute atomic E-state index is 0.0802. The summed E-state index contributed by atoms with van der Waals surface area (Å²) in [6, 6.07) is 17.2. The number of halogens is 5. The van der Waals surface area contributed by atoms with Crippen LogP contribution in [0.15, 0.2) is 73.1 Å². The van der Waals surface area contributed by atoms with E-state index in [1.807, 2.05) is 37.3 Å². The number of nitrogens with zero attached hydrogens (tertiary/aromatic N) is 5. The molecule has 2 N–H and O–H groups in total. The molecule has 0 spiro atoms. The Hall–Kier alpha value is -4.69. The Morgan fingerprint density at radius 2 is 1.80 bits per heavy atom. The maximum atomic E-state index is 14.9. The van der Waals surface area contributed by atoms with Gasteiger partial charge in [0, 0.05) is 22.8 Å². The van der Waals surface area contributed by atoms with E-state index in [0.717, 1.165) is 17.8 Å². The van der Waals surface area contributed by atoms with E-state index in [0.29, 0.717) is 28.7 Å². The van der Waals surface area contributed by atoms with Crippen LogP contribution in [0, 0.1) is 23.0 Å². The molecule has 0 bridgehead atoms. The first-order chi connectivity index (χ1) is 19.8. The molecule has 0 saturated heterocycles. The first-order valence-electron chi connectivity index (χ1n) is 12.5. The number of pyridine rings is 1. The average molecular weight is 580 g/mol. The van der Waals surface area contributed by atoms with Gasteiger partial charge in [0.1, 0.15) is 17.8 Å². The fourth-order valence-corrected chi connectivity index (χ4v) is 4.87. The first kappa shape index (κ1) is 27.9. The van der Waals surface area contributed by atoms with Crippen molar-refractivity contribution in [1.29, 1.82) is 5.26 Å². The van der Waals surface area contributed by atoms with Crippen molar-refractivity contribution in [2.45, 2.75) is 32.0 Å². The maximum Gasteiger partial charge on any atom is 0.348 e. The number of aromatic nitrogens is 4. The van der Waals surface area contributed by atoms with E-state index in [1.165, 1.54) is 24.4 Å². The smallest absolute Gasteiger partial charge is 0.348 e. The second-order valence-corrected chi connectivity index (χ2v) is 9.52. The highest BCUT2D eigenvalue weighted by Gasteiger charge is 2.25. The monoisotopic (exact) mass is 579 g/mol. The lowest BCUT2D eigenvalue weighted by molar-refractivity contribution is 0.0409. The van der Waals surface area contributed by atoms with Crippen LogP contribution in [0.5, 0.6) is 0 Å². The third-order valence-electron chi connectivity index (χ3n) is 6.57. The molecule has 208 valence electrons. The van der Waals surface area contributed by atoms with Crippen LogP contribution in [-0.2, 0) is 0 Å². The second kappa shape index (κ2) is 11.8. The summed E-state index contributed by atoms with van der Waals surface area (Å²) in [6.45, 7) is -1.03. The van der Waals surface area contributed by atoms with Crippen LogP contribution in [0.2, 0.25) is 5.02 Å². The van der Waals surface area contributed by atoms with Gasteiger partial charge in [0.2, 0.25) is 0 Å². The zero-order valence-corrected chi connectivity index (χ0v) is 22.2. The molecule has 0 amide bonds. The number of anilines is 2.